The quantitative estimate of drug-likeness (QED) is 0.462. The molecule has 0 atom stereocenters. The molecule has 0 aliphatic rings. The second-order valence-electron chi connectivity index (χ2n) is 4.21. The van der Waals surface area contributed by atoms with Gasteiger partial charge in [-0.2, -0.15) is 5.26 Å². The summed E-state index contributed by atoms with van der Waals surface area (Å²) in [6, 6.07) is 9.60. The predicted molar refractivity (Wildman–Crippen MR) is 85.1 cm³/mol. The first-order chi connectivity index (χ1) is 8.04. The molecule has 0 amide bonds. The third-order valence-corrected chi connectivity index (χ3v) is 2.29. The summed E-state index contributed by atoms with van der Waals surface area (Å²) in [4.78, 5) is 8.49. The normalized spacial score (nSPS) is 8.83. The van der Waals surface area contributed by atoms with Gasteiger partial charge < -0.3 is 9.80 Å². The molecule has 0 saturated heterocycles. The highest BCUT2D eigenvalue weighted by atomic mass is 127. The van der Waals surface area contributed by atoms with Crippen molar-refractivity contribution in [2.75, 3.05) is 28.2 Å². The molecule has 1 aromatic carbocycles. The van der Waals surface area contributed by atoms with Crippen molar-refractivity contribution in [2.45, 2.75) is 6.54 Å². The fourth-order valence-corrected chi connectivity index (χ4v) is 1.53. The minimum absolute atomic E-state index is 0. The molecule has 0 heterocycles. The zero-order valence-electron chi connectivity index (χ0n) is 11.2. The summed E-state index contributed by atoms with van der Waals surface area (Å²) in [6.07, 6.45) is 0. The van der Waals surface area contributed by atoms with E-state index in [4.69, 9.17) is 5.26 Å². The first-order valence-electron chi connectivity index (χ1n) is 5.42. The van der Waals surface area contributed by atoms with Crippen molar-refractivity contribution in [3.63, 3.8) is 0 Å². The Balaban J connectivity index is 0.00000289. The van der Waals surface area contributed by atoms with Crippen LogP contribution in [0.5, 0.6) is 0 Å². The fraction of sp³-hybridized carbons (Fsp3) is 0.385. The van der Waals surface area contributed by atoms with E-state index in [0.29, 0.717) is 12.1 Å². The van der Waals surface area contributed by atoms with Crippen LogP contribution < -0.4 is 0 Å². The van der Waals surface area contributed by atoms with Crippen LogP contribution in [0.2, 0.25) is 0 Å². The Kier molecular flexibility index (Phi) is 7.36. The number of benzene rings is 1. The fourth-order valence-electron chi connectivity index (χ4n) is 1.53. The number of hydrogen-bond donors (Lipinski definition) is 0. The Morgan fingerprint density at radius 2 is 1.61 bits per heavy atom. The lowest BCUT2D eigenvalue weighted by atomic mass is 10.1. The molecular formula is C13H19IN4. The van der Waals surface area contributed by atoms with E-state index in [-0.39, 0.29) is 24.0 Å². The molecule has 0 aliphatic carbocycles. The summed E-state index contributed by atoms with van der Waals surface area (Å²) in [7, 11) is 7.88. The summed E-state index contributed by atoms with van der Waals surface area (Å²) in [5.41, 5.74) is 1.78. The zero-order valence-corrected chi connectivity index (χ0v) is 13.5. The lowest BCUT2D eigenvalue weighted by molar-refractivity contribution is 0.479. The van der Waals surface area contributed by atoms with Gasteiger partial charge in [-0.25, -0.2) is 4.99 Å². The van der Waals surface area contributed by atoms with Gasteiger partial charge in [-0.15, -0.1) is 24.0 Å². The molecule has 0 spiro atoms. The Labute approximate surface area is 126 Å². The first-order valence-corrected chi connectivity index (χ1v) is 5.42. The summed E-state index contributed by atoms with van der Waals surface area (Å²) in [6.45, 7) is 0.622. The average Bonchev–Trinajstić information content (AvgIpc) is 2.29. The third-order valence-electron chi connectivity index (χ3n) is 2.29. The molecule has 0 aromatic heterocycles. The van der Waals surface area contributed by atoms with Crippen LogP contribution in [-0.2, 0) is 6.54 Å². The maximum Gasteiger partial charge on any atom is 0.195 e. The van der Waals surface area contributed by atoms with E-state index in [2.05, 4.69) is 11.1 Å². The molecule has 1 aromatic rings. The highest BCUT2D eigenvalue weighted by Gasteiger charge is 2.03. The molecule has 0 bridgehead atoms. The highest BCUT2D eigenvalue weighted by Crippen LogP contribution is 2.05. The number of hydrogen-bond acceptors (Lipinski definition) is 2. The number of nitrogens with zero attached hydrogens (tertiary/aromatic N) is 4. The van der Waals surface area contributed by atoms with E-state index in [1.807, 2.05) is 62.3 Å². The molecule has 0 radical (unpaired) electrons. The smallest absolute Gasteiger partial charge is 0.195 e. The topological polar surface area (TPSA) is 42.6 Å². The van der Waals surface area contributed by atoms with Crippen LogP contribution >= 0.6 is 24.0 Å². The van der Waals surface area contributed by atoms with Gasteiger partial charge in [0.1, 0.15) is 0 Å². The van der Waals surface area contributed by atoms with Crippen molar-refractivity contribution < 1.29 is 0 Å². The monoisotopic (exact) mass is 358 g/mol. The number of rotatable bonds is 2. The Morgan fingerprint density at radius 3 is 2.00 bits per heavy atom. The standard InChI is InChI=1S/C13H18N4.HI/c1-16(2)13(17(3)4)15-10-12-7-5-11(9-14)6-8-12;/h5-8H,10H2,1-4H3;1H. The van der Waals surface area contributed by atoms with Gasteiger partial charge in [-0.05, 0) is 17.7 Å². The maximum atomic E-state index is 8.70. The Hall–Kier alpha value is -1.29. The van der Waals surface area contributed by atoms with Gasteiger partial charge in [0.05, 0.1) is 18.2 Å². The largest absolute Gasteiger partial charge is 0.349 e. The summed E-state index contributed by atoms with van der Waals surface area (Å²) < 4.78 is 0. The average molecular weight is 358 g/mol. The van der Waals surface area contributed by atoms with E-state index in [9.17, 15) is 0 Å². The second-order valence-corrected chi connectivity index (χ2v) is 4.21. The van der Waals surface area contributed by atoms with E-state index in [0.717, 1.165) is 11.5 Å². The number of aliphatic imine (C=N–C) groups is 1. The number of guanidine groups is 1. The minimum Gasteiger partial charge on any atom is -0.349 e. The first kappa shape index (κ1) is 16.7. The van der Waals surface area contributed by atoms with Crippen molar-refractivity contribution in [3.8, 4) is 6.07 Å². The lowest BCUT2D eigenvalue weighted by Crippen LogP contribution is -2.35. The van der Waals surface area contributed by atoms with Crippen LogP contribution in [0, 0.1) is 11.3 Å². The zero-order chi connectivity index (χ0) is 12.8. The van der Waals surface area contributed by atoms with Crippen LogP contribution in [0.1, 0.15) is 11.1 Å². The van der Waals surface area contributed by atoms with Crippen LogP contribution in [-0.4, -0.2) is 44.0 Å². The van der Waals surface area contributed by atoms with Crippen LogP contribution in [0.4, 0.5) is 0 Å². The molecule has 5 heteroatoms. The van der Waals surface area contributed by atoms with Gasteiger partial charge in [-0.1, -0.05) is 12.1 Å². The molecule has 1 rings (SSSR count). The maximum absolute atomic E-state index is 8.70. The van der Waals surface area contributed by atoms with Gasteiger partial charge in [0.2, 0.25) is 0 Å². The molecule has 0 N–H and O–H groups in total. The molecule has 0 saturated carbocycles. The van der Waals surface area contributed by atoms with Crippen molar-refractivity contribution in [2.24, 2.45) is 4.99 Å². The second kappa shape index (κ2) is 7.93. The van der Waals surface area contributed by atoms with E-state index in [1.165, 1.54) is 0 Å². The van der Waals surface area contributed by atoms with Crippen molar-refractivity contribution in [3.05, 3.63) is 35.4 Å². The van der Waals surface area contributed by atoms with Crippen LogP contribution in [0.3, 0.4) is 0 Å². The lowest BCUT2D eigenvalue weighted by Gasteiger charge is -2.22. The molecule has 0 unspecified atom stereocenters. The summed E-state index contributed by atoms with van der Waals surface area (Å²) in [5, 5.41) is 8.70. The van der Waals surface area contributed by atoms with Gasteiger partial charge in [0.15, 0.2) is 5.96 Å². The van der Waals surface area contributed by atoms with Gasteiger partial charge in [0, 0.05) is 28.2 Å². The van der Waals surface area contributed by atoms with E-state index >= 15 is 0 Å². The molecule has 98 valence electrons. The van der Waals surface area contributed by atoms with E-state index < -0.39 is 0 Å². The molecular weight excluding hydrogens is 339 g/mol. The number of halogens is 1. The third kappa shape index (κ3) is 4.92. The molecule has 0 fully saturated rings. The molecule has 4 nitrogen and oxygen atoms in total. The van der Waals surface area contributed by atoms with Crippen molar-refractivity contribution in [1.29, 1.82) is 5.26 Å². The summed E-state index contributed by atoms with van der Waals surface area (Å²) >= 11 is 0. The Bertz CT molecular complexity index is 419. The van der Waals surface area contributed by atoms with Gasteiger partial charge >= 0.3 is 0 Å². The van der Waals surface area contributed by atoms with Gasteiger partial charge in [-0.3, -0.25) is 0 Å². The predicted octanol–water partition coefficient (Wildman–Crippen LogP) is 2.16. The van der Waals surface area contributed by atoms with Crippen molar-refractivity contribution in [1.82, 2.24) is 9.80 Å². The number of nitriles is 1. The SMILES string of the molecule is CN(C)C(=NCc1ccc(C#N)cc1)N(C)C.I. The van der Waals surface area contributed by atoms with Crippen LogP contribution in [0.15, 0.2) is 29.3 Å². The Morgan fingerprint density at radius 1 is 1.11 bits per heavy atom. The van der Waals surface area contributed by atoms with Crippen LogP contribution in [0.25, 0.3) is 0 Å². The molecule has 0 aliphatic heterocycles. The van der Waals surface area contributed by atoms with E-state index in [1.54, 1.807) is 0 Å². The van der Waals surface area contributed by atoms with Gasteiger partial charge in [0.25, 0.3) is 0 Å². The molecule has 18 heavy (non-hydrogen) atoms. The summed E-state index contributed by atoms with van der Waals surface area (Å²) in [5.74, 6) is 0.925. The minimum atomic E-state index is 0. The highest BCUT2D eigenvalue weighted by molar-refractivity contribution is 14.0. The van der Waals surface area contributed by atoms with Crippen molar-refractivity contribution >= 4 is 29.9 Å².